The number of rotatable bonds is 7. The van der Waals surface area contributed by atoms with Crippen LogP contribution >= 0.6 is 23.4 Å². The molecule has 0 aliphatic rings. The molecule has 2 heterocycles. The molecule has 0 bridgehead atoms. The molecule has 0 aliphatic carbocycles. The molecule has 0 aliphatic heterocycles. The van der Waals surface area contributed by atoms with E-state index in [-0.39, 0.29) is 11.5 Å². The number of ether oxygens (including phenoxy) is 1. The minimum atomic E-state index is -0.0428. The third kappa shape index (κ3) is 4.17. The van der Waals surface area contributed by atoms with E-state index >= 15 is 0 Å². The Labute approximate surface area is 181 Å². The number of hydrogen-bond acceptors (Lipinski definition) is 7. The standard InChI is InChI=1S/C20H17ClN6O2S/c1-29-15-8-4-13(5-9-15)18(28)11-30-20-26-25-19(27(20)22)17-10-16(23-24-17)12-2-6-14(21)7-3-12/h2-10H,11,22H2,1H3,(H,23,24). The van der Waals surface area contributed by atoms with E-state index in [0.29, 0.717) is 33.0 Å². The van der Waals surface area contributed by atoms with Crippen molar-refractivity contribution in [2.24, 2.45) is 0 Å². The fraction of sp³-hybridized carbons (Fsp3) is 0.100. The SMILES string of the molecule is COc1ccc(C(=O)CSc2nnc(-c3cc(-c4ccc(Cl)cc4)n[nH]3)n2N)cc1. The van der Waals surface area contributed by atoms with Crippen molar-refractivity contribution in [1.29, 1.82) is 0 Å². The molecular weight excluding hydrogens is 424 g/mol. The molecule has 0 saturated heterocycles. The maximum Gasteiger partial charge on any atom is 0.210 e. The number of ketones is 1. The number of nitrogens with two attached hydrogens (primary N) is 1. The monoisotopic (exact) mass is 440 g/mol. The minimum absolute atomic E-state index is 0.0428. The molecule has 0 fully saturated rings. The van der Waals surface area contributed by atoms with Gasteiger partial charge < -0.3 is 10.6 Å². The number of carbonyl (C=O) groups is 1. The molecule has 3 N–H and O–H groups in total. The van der Waals surface area contributed by atoms with Crippen LogP contribution in [0.15, 0.2) is 59.8 Å². The fourth-order valence-corrected chi connectivity index (χ4v) is 3.63. The van der Waals surface area contributed by atoms with E-state index in [0.717, 1.165) is 11.3 Å². The average molecular weight is 441 g/mol. The van der Waals surface area contributed by atoms with Crippen molar-refractivity contribution in [3.05, 3.63) is 65.2 Å². The molecule has 8 nitrogen and oxygen atoms in total. The number of carbonyl (C=O) groups excluding carboxylic acids is 1. The van der Waals surface area contributed by atoms with E-state index in [4.69, 9.17) is 22.2 Å². The number of thioether (sulfide) groups is 1. The van der Waals surface area contributed by atoms with E-state index in [9.17, 15) is 4.79 Å². The Kier molecular flexibility index (Phi) is 5.73. The van der Waals surface area contributed by atoms with Crippen LogP contribution in [0.2, 0.25) is 5.02 Å². The van der Waals surface area contributed by atoms with Crippen LogP contribution in [-0.4, -0.2) is 43.7 Å². The van der Waals surface area contributed by atoms with Crippen LogP contribution < -0.4 is 10.6 Å². The number of nitrogen functional groups attached to an aromatic ring is 1. The maximum absolute atomic E-state index is 12.4. The van der Waals surface area contributed by atoms with E-state index in [1.807, 2.05) is 18.2 Å². The van der Waals surface area contributed by atoms with E-state index in [1.165, 1.54) is 16.4 Å². The summed E-state index contributed by atoms with van der Waals surface area (Å²) in [5.41, 5.74) is 2.84. The first-order chi connectivity index (χ1) is 14.5. The quantitative estimate of drug-likeness (QED) is 0.256. The molecule has 2 aromatic carbocycles. The summed E-state index contributed by atoms with van der Waals surface area (Å²) in [4.78, 5) is 12.4. The second-order valence-corrected chi connectivity index (χ2v) is 7.67. The number of H-pyrrole nitrogens is 1. The summed E-state index contributed by atoms with van der Waals surface area (Å²) in [6, 6.07) is 16.1. The Bertz CT molecular complexity index is 1170. The lowest BCUT2D eigenvalue weighted by Crippen LogP contribution is -2.13. The summed E-state index contributed by atoms with van der Waals surface area (Å²) >= 11 is 7.14. The highest BCUT2D eigenvalue weighted by Crippen LogP contribution is 2.26. The van der Waals surface area contributed by atoms with Gasteiger partial charge in [0.2, 0.25) is 11.0 Å². The van der Waals surface area contributed by atoms with Gasteiger partial charge in [-0.05, 0) is 42.5 Å². The lowest BCUT2D eigenvalue weighted by Gasteiger charge is -2.03. The van der Waals surface area contributed by atoms with Crippen LogP contribution in [0.5, 0.6) is 5.75 Å². The number of halogens is 1. The van der Waals surface area contributed by atoms with Crippen molar-refractivity contribution >= 4 is 29.1 Å². The van der Waals surface area contributed by atoms with Gasteiger partial charge in [0, 0.05) is 16.1 Å². The molecule has 0 saturated carbocycles. The topological polar surface area (TPSA) is 112 Å². The largest absolute Gasteiger partial charge is 0.497 e. The lowest BCUT2D eigenvalue weighted by atomic mass is 10.1. The van der Waals surface area contributed by atoms with Crippen molar-refractivity contribution in [3.63, 3.8) is 0 Å². The number of Topliss-reactive ketones (excluding diaryl/α,β-unsaturated/α-hetero) is 1. The zero-order chi connectivity index (χ0) is 21.1. The van der Waals surface area contributed by atoms with Gasteiger partial charge in [0.15, 0.2) is 5.78 Å². The van der Waals surface area contributed by atoms with Gasteiger partial charge in [-0.15, -0.1) is 10.2 Å². The van der Waals surface area contributed by atoms with Gasteiger partial charge in [-0.1, -0.05) is 35.5 Å². The highest BCUT2D eigenvalue weighted by molar-refractivity contribution is 7.99. The molecule has 0 unspecified atom stereocenters. The molecule has 4 rings (SSSR count). The van der Waals surface area contributed by atoms with Crippen molar-refractivity contribution in [2.45, 2.75) is 5.16 Å². The smallest absolute Gasteiger partial charge is 0.210 e. The van der Waals surface area contributed by atoms with Crippen LogP contribution in [0.1, 0.15) is 10.4 Å². The summed E-state index contributed by atoms with van der Waals surface area (Å²) in [6.45, 7) is 0. The van der Waals surface area contributed by atoms with E-state index in [2.05, 4.69) is 20.4 Å². The molecule has 152 valence electrons. The molecule has 30 heavy (non-hydrogen) atoms. The van der Waals surface area contributed by atoms with Crippen LogP contribution in [0.4, 0.5) is 0 Å². The summed E-state index contributed by atoms with van der Waals surface area (Å²) in [6.07, 6.45) is 0. The van der Waals surface area contributed by atoms with Crippen molar-refractivity contribution in [3.8, 4) is 28.5 Å². The summed E-state index contributed by atoms with van der Waals surface area (Å²) in [5.74, 6) is 7.40. The van der Waals surface area contributed by atoms with Crippen LogP contribution in [0, 0.1) is 0 Å². The molecular formula is C20H17ClN6O2S. The average Bonchev–Trinajstić information content (AvgIpc) is 3.39. The number of hydrogen-bond donors (Lipinski definition) is 2. The van der Waals surface area contributed by atoms with E-state index in [1.54, 1.807) is 43.5 Å². The zero-order valence-corrected chi connectivity index (χ0v) is 17.4. The highest BCUT2D eigenvalue weighted by Gasteiger charge is 2.17. The fourth-order valence-electron chi connectivity index (χ4n) is 2.75. The van der Waals surface area contributed by atoms with Gasteiger partial charge in [-0.25, -0.2) is 4.68 Å². The Hall–Kier alpha value is -3.30. The number of nitrogens with zero attached hydrogens (tertiary/aromatic N) is 4. The highest BCUT2D eigenvalue weighted by atomic mass is 35.5. The summed E-state index contributed by atoms with van der Waals surface area (Å²) in [5, 5.41) is 16.5. The van der Waals surface area contributed by atoms with Crippen LogP contribution in [0.25, 0.3) is 22.8 Å². The second-order valence-electron chi connectivity index (χ2n) is 6.29. The van der Waals surface area contributed by atoms with Crippen LogP contribution in [0.3, 0.4) is 0 Å². The molecule has 0 spiro atoms. The van der Waals surface area contributed by atoms with Gasteiger partial charge in [-0.2, -0.15) is 5.10 Å². The summed E-state index contributed by atoms with van der Waals surface area (Å²) < 4.78 is 6.44. The predicted octanol–water partition coefficient (Wildman–Crippen LogP) is 3.69. The van der Waals surface area contributed by atoms with E-state index < -0.39 is 0 Å². The number of benzene rings is 2. The molecule has 0 amide bonds. The Balaban J connectivity index is 1.46. The van der Waals surface area contributed by atoms with Gasteiger partial charge in [0.05, 0.1) is 18.6 Å². The summed E-state index contributed by atoms with van der Waals surface area (Å²) in [7, 11) is 1.58. The normalized spacial score (nSPS) is 10.9. The van der Waals surface area contributed by atoms with Gasteiger partial charge in [0.25, 0.3) is 0 Å². The number of methoxy groups -OCH3 is 1. The van der Waals surface area contributed by atoms with Gasteiger partial charge >= 0.3 is 0 Å². The number of aromatic nitrogens is 5. The van der Waals surface area contributed by atoms with Gasteiger partial charge in [-0.3, -0.25) is 9.89 Å². The van der Waals surface area contributed by atoms with Crippen molar-refractivity contribution < 1.29 is 9.53 Å². The molecule has 0 atom stereocenters. The Morgan fingerprint density at radius 2 is 1.90 bits per heavy atom. The Morgan fingerprint density at radius 1 is 1.17 bits per heavy atom. The third-order valence-corrected chi connectivity index (χ3v) is 5.56. The van der Waals surface area contributed by atoms with Crippen LogP contribution in [-0.2, 0) is 0 Å². The minimum Gasteiger partial charge on any atom is -0.497 e. The zero-order valence-electron chi connectivity index (χ0n) is 15.9. The third-order valence-electron chi connectivity index (χ3n) is 4.37. The predicted molar refractivity (Wildman–Crippen MR) is 116 cm³/mol. The first-order valence-corrected chi connectivity index (χ1v) is 10.2. The number of aromatic amines is 1. The van der Waals surface area contributed by atoms with Gasteiger partial charge in [0.1, 0.15) is 11.4 Å². The Morgan fingerprint density at radius 3 is 2.60 bits per heavy atom. The second kappa shape index (κ2) is 8.60. The lowest BCUT2D eigenvalue weighted by molar-refractivity contribution is 0.102. The molecule has 0 radical (unpaired) electrons. The number of nitrogens with one attached hydrogen (secondary N) is 1. The molecule has 2 aromatic heterocycles. The first-order valence-electron chi connectivity index (χ1n) is 8.87. The van der Waals surface area contributed by atoms with Crippen molar-refractivity contribution in [1.82, 2.24) is 25.1 Å². The maximum atomic E-state index is 12.4. The first kappa shape index (κ1) is 20.0. The molecule has 10 heteroatoms. The van der Waals surface area contributed by atoms with Crippen molar-refractivity contribution in [2.75, 3.05) is 18.7 Å². The molecule has 4 aromatic rings.